The fourth-order valence-electron chi connectivity index (χ4n) is 3.28. The summed E-state index contributed by atoms with van der Waals surface area (Å²) < 4.78 is 38.7. The van der Waals surface area contributed by atoms with Crippen LogP contribution < -0.4 is 5.32 Å². The smallest absolute Gasteiger partial charge is 0.363 e. The molecule has 0 fully saturated rings. The molecule has 4 nitrogen and oxygen atoms in total. The van der Waals surface area contributed by atoms with Gasteiger partial charge in [-0.25, -0.2) is 9.97 Å². The number of fused-ring (bicyclic) bond motifs is 2. The van der Waals surface area contributed by atoms with Crippen LogP contribution in [0.4, 0.5) is 19.0 Å². The van der Waals surface area contributed by atoms with Gasteiger partial charge in [-0.3, -0.25) is 0 Å². The maximum Gasteiger partial charge on any atom is 0.431 e. The number of benzene rings is 1. The van der Waals surface area contributed by atoms with E-state index in [4.69, 9.17) is 0 Å². The number of anilines is 1. The third kappa shape index (κ3) is 2.60. The molecule has 0 bridgehead atoms. The summed E-state index contributed by atoms with van der Waals surface area (Å²) in [7, 11) is 0. The molecule has 2 N–H and O–H groups in total. The lowest BCUT2D eigenvalue weighted by Gasteiger charge is -2.26. The quantitative estimate of drug-likeness (QED) is 0.728. The highest BCUT2D eigenvalue weighted by molar-refractivity contribution is 5.87. The molecule has 2 aromatic heterocycles. The average Bonchev–Trinajstić information content (AvgIpc) is 3.01. The van der Waals surface area contributed by atoms with Crippen LogP contribution in [0.2, 0.25) is 0 Å². The van der Waals surface area contributed by atoms with Crippen molar-refractivity contribution in [2.45, 2.75) is 31.5 Å². The number of aryl methyl sites for hydroxylation is 1. The number of H-pyrrole nitrogens is 1. The van der Waals surface area contributed by atoms with Gasteiger partial charge in [0.15, 0.2) is 0 Å². The molecule has 4 rings (SSSR count). The lowest BCUT2D eigenvalue weighted by Crippen LogP contribution is -2.18. The Hall–Kier alpha value is -2.57. The van der Waals surface area contributed by atoms with Crippen LogP contribution in [0.25, 0.3) is 11.0 Å². The summed E-state index contributed by atoms with van der Waals surface area (Å²) in [4.78, 5) is 10.4. The van der Waals surface area contributed by atoms with Gasteiger partial charge in [-0.2, -0.15) is 13.2 Å². The highest BCUT2D eigenvalue weighted by Gasteiger charge is 2.33. The minimum absolute atomic E-state index is 0.0392. The van der Waals surface area contributed by atoms with Gasteiger partial charge < -0.3 is 10.3 Å². The van der Waals surface area contributed by atoms with E-state index in [9.17, 15) is 13.2 Å². The van der Waals surface area contributed by atoms with Gasteiger partial charge in [-0.15, -0.1) is 0 Å². The number of rotatable bonds is 2. The van der Waals surface area contributed by atoms with Gasteiger partial charge in [0.25, 0.3) is 0 Å². The molecule has 0 saturated heterocycles. The van der Waals surface area contributed by atoms with Gasteiger partial charge in [-0.05, 0) is 36.5 Å². The van der Waals surface area contributed by atoms with E-state index in [-0.39, 0.29) is 11.7 Å². The van der Waals surface area contributed by atoms with Crippen LogP contribution in [-0.2, 0) is 12.6 Å². The summed E-state index contributed by atoms with van der Waals surface area (Å²) in [6, 6.07) is 9.24. The maximum absolute atomic E-state index is 12.9. The molecule has 124 valence electrons. The van der Waals surface area contributed by atoms with Gasteiger partial charge in [0.1, 0.15) is 23.5 Å². The topological polar surface area (TPSA) is 53.6 Å². The number of nitrogens with zero attached hydrogens (tertiary/aromatic N) is 2. The SMILES string of the molecule is FC(F)(F)c1cc2c(N[C@@H]3CCCc4ccccc43)ncnc2[nH]1. The Morgan fingerprint density at radius 1 is 1.17 bits per heavy atom. The molecule has 1 aliphatic rings. The molecule has 24 heavy (non-hydrogen) atoms. The van der Waals surface area contributed by atoms with Crippen LogP contribution in [0.3, 0.4) is 0 Å². The molecule has 0 radical (unpaired) electrons. The minimum atomic E-state index is -4.44. The lowest BCUT2D eigenvalue weighted by atomic mass is 9.88. The number of nitrogens with one attached hydrogen (secondary N) is 2. The first-order valence-corrected chi connectivity index (χ1v) is 7.77. The third-order valence-corrected chi connectivity index (χ3v) is 4.41. The Labute approximate surface area is 136 Å². The lowest BCUT2D eigenvalue weighted by molar-refractivity contribution is -0.140. The van der Waals surface area contributed by atoms with Gasteiger partial charge in [0.2, 0.25) is 0 Å². The van der Waals surface area contributed by atoms with Crippen LogP contribution in [0.1, 0.15) is 35.7 Å². The molecule has 7 heteroatoms. The van der Waals surface area contributed by atoms with Gasteiger partial charge in [0, 0.05) is 0 Å². The molecular weight excluding hydrogens is 317 g/mol. The normalized spacial score (nSPS) is 17.7. The van der Waals surface area contributed by atoms with Gasteiger partial charge >= 0.3 is 6.18 Å². The Morgan fingerprint density at radius 2 is 2.00 bits per heavy atom. The molecule has 0 spiro atoms. The Bertz CT molecular complexity index is 885. The Kier molecular flexibility index (Phi) is 3.44. The standard InChI is InChI=1S/C17H15F3N4/c18-17(19,20)14-8-12-15(21-9-22-16(12)24-14)23-13-7-3-5-10-4-1-2-6-11(10)13/h1-2,4,6,8-9,13H,3,5,7H2,(H2,21,22,23,24)/t13-/m1/s1. The van der Waals surface area contributed by atoms with Crippen molar-refractivity contribution in [3.63, 3.8) is 0 Å². The number of aromatic amines is 1. The average molecular weight is 332 g/mol. The molecule has 2 heterocycles. The highest BCUT2D eigenvalue weighted by atomic mass is 19.4. The zero-order valence-corrected chi connectivity index (χ0v) is 12.7. The van der Waals surface area contributed by atoms with Crippen molar-refractivity contribution in [1.82, 2.24) is 15.0 Å². The van der Waals surface area contributed by atoms with Crippen molar-refractivity contribution < 1.29 is 13.2 Å². The van der Waals surface area contributed by atoms with Crippen molar-refractivity contribution in [3.05, 3.63) is 53.5 Å². The van der Waals surface area contributed by atoms with E-state index in [1.807, 2.05) is 12.1 Å². The second-order valence-electron chi connectivity index (χ2n) is 5.95. The Morgan fingerprint density at radius 3 is 2.83 bits per heavy atom. The van der Waals surface area contributed by atoms with Crippen molar-refractivity contribution in [1.29, 1.82) is 0 Å². The van der Waals surface area contributed by atoms with E-state index in [1.165, 1.54) is 17.5 Å². The summed E-state index contributed by atoms with van der Waals surface area (Å²) in [5.41, 5.74) is 1.83. The Balaban J connectivity index is 1.72. The highest BCUT2D eigenvalue weighted by Crippen LogP contribution is 2.35. The van der Waals surface area contributed by atoms with E-state index in [1.54, 1.807) is 0 Å². The zero-order valence-electron chi connectivity index (χ0n) is 12.7. The first-order valence-electron chi connectivity index (χ1n) is 7.77. The monoisotopic (exact) mass is 332 g/mol. The molecular formula is C17H15F3N4. The van der Waals surface area contributed by atoms with Crippen molar-refractivity contribution in [2.24, 2.45) is 0 Å². The van der Waals surface area contributed by atoms with Crippen LogP contribution in [0.15, 0.2) is 36.7 Å². The molecule has 1 aromatic carbocycles. The molecule has 3 aromatic rings. The first kappa shape index (κ1) is 15.0. The first-order chi connectivity index (χ1) is 11.5. The summed E-state index contributed by atoms with van der Waals surface area (Å²) >= 11 is 0. The van der Waals surface area contributed by atoms with Gasteiger partial charge in [-0.1, -0.05) is 24.3 Å². The van der Waals surface area contributed by atoms with E-state index in [2.05, 4.69) is 32.4 Å². The van der Waals surface area contributed by atoms with Crippen LogP contribution in [0, 0.1) is 0 Å². The van der Waals surface area contributed by atoms with Crippen molar-refractivity contribution in [2.75, 3.05) is 5.32 Å². The van der Waals surface area contributed by atoms with Crippen LogP contribution in [0.5, 0.6) is 0 Å². The third-order valence-electron chi connectivity index (χ3n) is 4.41. The van der Waals surface area contributed by atoms with E-state index < -0.39 is 11.9 Å². The maximum atomic E-state index is 12.9. The predicted molar refractivity (Wildman–Crippen MR) is 84.6 cm³/mol. The fraction of sp³-hybridized carbons (Fsp3) is 0.294. The number of hydrogen-bond acceptors (Lipinski definition) is 3. The summed E-state index contributed by atoms with van der Waals surface area (Å²) in [5, 5.41) is 3.66. The summed E-state index contributed by atoms with van der Waals surface area (Å²) in [6.07, 6.45) is -0.190. The zero-order chi connectivity index (χ0) is 16.7. The number of halogens is 3. The molecule has 0 amide bonds. The van der Waals surface area contributed by atoms with E-state index in [0.29, 0.717) is 11.2 Å². The number of hydrogen-bond donors (Lipinski definition) is 2. The van der Waals surface area contributed by atoms with Gasteiger partial charge in [0.05, 0.1) is 11.4 Å². The minimum Gasteiger partial charge on any atom is -0.363 e. The van der Waals surface area contributed by atoms with Crippen molar-refractivity contribution in [3.8, 4) is 0 Å². The second-order valence-corrected chi connectivity index (χ2v) is 5.95. The van der Waals surface area contributed by atoms with E-state index >= 15 is 0 Å². The van der Waals surface area contributed by atoms with Crippen molar-refractivity contribution >= 4 is 16.9 Å². The second kappa shape index (κ2) is 5.51. The predicted octanol–water partition coefficient (Wildman–Crippen LogP) is 4.47. The molecule has 0 saturated carbocycles. The largest absolute Gasteiger partial charge is 0.431 e. The van der Waals surface area contributed by atoms with Crippen LogP contribution >= 0.6 is 0 Å². The number of alkyl halides is 3. The summed E-state index contributed by atoms with van der Waals surface area (Å²) in [6.45, 7) is 0. The number of aromatic nitrogens is 3. The molecule has 1 atom stereocenters. The van der Waals surface area contributed by atoms with E-state index in [0.717, 1.165) is 25.3 Å². The fourth-order valence-corrected chi connectivity index (χ4v) is 3.28. The summed E-state index contributed by atoms with van der Waals surface area (Å²) in [5.74, 6) is 0.424. The van der Waals surface area contributed by atoms with Crippen LogP contribution in [-0.4, -0.2) is 15.0 Å². The molecule has 1 aliphatic carbocycles. The molecule has 0 unspecified atom stereocenters. The molecule has 0 aliphatic heterocycles.